The van der Waals surface area contributed by atoms with Gasteiger partial charge in [-0.1, -0.05) is 6.08 Å². The first-order valence-corrected chi connectivity index (χ1v) is 3.89. The number of hydrogen-bond acceptors (Lipinski definition) is 3. The van der Waals surface area contributed by atoms with Crippen LogP contribution in [0.1, 0.15) is 6.92 Å². The van der Waals surface area contributed by atoms with Gasteiger partial charge in [-0.15, -0.1) is 0 Å². The predicted molar refractivity (Wildman–Crippen MR) is 44.7 cm³/mol. The highest BCUT2D eigenvalue weighted by molar-refractivity contribution is 5.87. The van der Waals surface area contributed by atoms with Gasteiger partial charge in [0.05, 0.1) is 13.7 Å². The van der Waals surface area contributed by atoms with Crippen LogP contribution >= 0.6 is 0 Å². The predicted octanol–water partition coefficient (Wildman–Crippen LogP) is 1.26. The van der Waals surface area contributed by atoms with Gasteiger partial charge in [0.25, 0.3) is 0 Å². The van der Waals surface area contributed by atoms with Crippen LogP contribution in [0.2, 0.25) is 0 Å². The molecule has 0 atom stereocenters. The Kier molecular flexibility index (Phi) is 5.22. The summed E-state index contributed by atoms with van der Waals surface area (Å²) in [5.74, 6) is -0.543. The van der Waals surface area contributed by atoms with Gasteiger partial charge < -0.3 is 10.1 Å². The van der Waals surface area contributed by atoms with E-state index in [9.17, 15) is 18.0 Å². The van der Waals surface area contributed by atoms with E-state index in [-0.39, 0.29) is 12.1 Å². The fourth-order valence-corrected chi connectivity index (χ4v) is 0.683. The molecule has 0 spiro atoms. The van der Waals surface area contributed by atoms with Crippen LogP contribution in [0.5, 0.6) is 0 Å². The molecular formula is C8H12F3NO2. The van der Waals surface area contributed by atoms with E-state index in [1.54, 1.807) is 0 Å². The first kappa shape index (κ1) is 13.0. The van der Waals surface area contributed by atoms with Crippen molar-refractivity contribution < 1.29 is 22.7 Å². The number of halogens is 3. The molecule has 0 aliphatic rings. The third kappa shape index (κ3) is 6.47. The minimum absolute atomic E-state index is 0.0134. The number of alkyl halides is 3. The summed E-state index contributed by atoms with van der Waals surface area (Å²) in [7, 11) is 1.21. The van der Waals surface area contributed by atoms with E-state index in [1.807, 2.05) is 0 Å². The van der Waals surface area contributed by atoms with Gasteiger partial charge in [-0.3, -0.25) is 0 Å². The van der Waals surface area contributed by atoms with Crippen LogP contribution < -0.4 is 5.32 Å². The lowest BCUT2D eigenvalue weighted by molar-refractivity contribution is -0.136. The van der Waals surface area contributed by atoms with Crippen LogP contribution in [-0.4, -0.2) is 32.3 Å². The highest BCUT2D eigenvalue weighted by atomic mass is 19.4. The standard InChI is InChI=1S/C8H12F3NO2/c1-6(7(13)14-2)3-4-12-5-8(9,10)11/h3,12H,4-5H2,1-2H3. The Morgan fingerprint density at radius 1 is 1.50 bits per heavy atom. The van der Waals surface area contributed by atoms with Crippen molar-refractivity contribution in [3.05, 3.63) is 11.6 Å². The van der Waals surface area contributed by atoms with Crippen molar-refractivity contribution in [2.24, 2.45) is 0 Å². The lowest BCUT2D eigenvalue weighted by Crippen LogP contribution is -2.29. The zero-order valence-corrected chi connectivity index (χ0v) is 7.94. The molecule has 0 saturated carbocycles. The Balaban J connectivity index is 3.77. The van der Waals surface area contributed by atoms with Crippen molar-refractivity contribution >= 4 is 5.97 Å². The molecule has 0 bridgehead atoms. The molecule has 0 aromatic heterocycles. The molecule has 0 amide bonds. The molecule has 3 nitrogen and oxygen atoms in total. The van der Waals surface area contributed by atoms with E-state index in [1.165, 1.54) is 20.1 Å². The van der Waals surface area contributed by atoms with Crippen molar-refractivity contribution in [2.45, 2.75) is 13.1 Å². The minimum Gasteiger partial charge on any atom is -0.466 e. The van der Waals surface area contributed by atoms with Crippen LogP contribution in [-0.2, 0) is 9.53 Å². The Labute approximate surface area is 79.9 Å². The molecule has 0 aliphatic heterocycles. The molecule has 0 saturated heterocycles. The average molecular weight is 211 g/mol. The van der Waals surface area contributed by atoms with E-state index in [4.69, 9.17) is 0 Å². The molecule has 0 aromatic carbocycles. The second kappa shape index (κ2) is 5.64. The van der Waals surface area contributed by atoms with Crippen LogP contribution in [0.25, 0.3) is 0 Å². The highest BCUT2D eigenvalue weighted by Crippen LogP contribution is 2.11. The van der Waals surface area contributed by atoms with Crippen molar-refractivity contribution in [1.82, 2.24) is 5.32 Å². The summed E-state index contributed by atoms with van der Waals surface area (Å²) in [4.78, 5) is 10.8. The number of ether oxygens (including phenoxy) is 1. The average Bonchev–Trinajstić information content (AvgIpc) is 2.09. The van der Waals surface area contributed by atoms with Crippen LogP contribution in [0.15, 0.2) is 11.6 Å². The lowest BCUT2D eigenvalue weighted by Gasteiger charge is -2.06. The number of carbonyl (C=O) groups is 1. The molecule has 0 heterocycles. The van der Waals surface area contributed by atoms with Gasteiger partial charge in [-0.2, -0.15) is 13.2 Å². The monoisotopic (exact) mass is 211 g/mol. The van der Waals surface area contributed by atoms with Crippen molar-refractivity contribution in [3.8, 4) is 0 Å². The molecule has 0 unspecified atom stereocenters. The van der Waals surface area contributed by atoms with Gasteiger partial charge >= 0.3 is 12.1 Å². The van der Waals surface area contributed by atoms with E-state index in [0.29, 0.717) is 0 Å². The zero-order chi connectivity index (χ0) is 11.2. The molecule has 0 fully saturated rings. The molecule has 1 N–H and O–H groups in total. The van der Waals surface area contributed by atoms with Crippen molar-refractivity contribution in [3.63, 3.8) is 0 Å². The molecule has 0 aromatic rings. The number of rotatable bonds is 4. The third-order valence-electron chi connectivity index (χ3n) is 1.39. The molecule has 14 heavy (non-hydrogen) atoms. The van der Waals surface area contributed by atoms with Crippen LogP contribution in [0.4, 0.5) is 13.2 Å². The Morgan fingerprint density at radius 3 is 2.50 bits per heavy atom. The quantitative estimate of drug-likeness (QED) is 0.432. The Morgan fingerprint density at radius 2 is 2.07 bits per heavy atom. The smallest absolute Gasteiger partial charge is 0.401 e. The van der Waals surface area contributed by atoms with Crippen LogP contribution in [0, 0.1) is 0 Å². The van der Waals surface area contributed by atoms with Crippen molar-refractivity contribution in [2.75, 3.05) is 20.2 Å². The van der Waals surface area contributed by atoms with Crippen molar-refractivity contribution in [1.29, 1.82) is 0 Å². The van der Waals surface area contributed by atoms with Gasteiger partial charge in [0, 0.05) is 12.1 Å². The summed E-state index contributed by atoms with van der Waals surface area (Å²) < 4.78 is 39.2. The SMILES string of the molecule is COC(=O)C(C)=CCNCC(F)(F)F. The van der Waals surface area contributed by atoms with E-state index in [2.05, 4.69) is 10.1 Å². The lowest BCUT2D eigenvalue weighted by atomic mass is 10.3. The maximum absolute atomic E-state index is 11.6. The van der Waals surface area contributed by atoms with Gasteiger partial charge in [-0.05, 0) is 6.92 Å². The number of nitrogens with one attached hydrogen (secondary N) is 1. The zero-order valence-electron chi connectivity index (χ0n) is 7.94. The van der Waals surface area contributed by atoms with E-state index in [0.717, 1.165) is 0 Å². The number of methoxy groups -OCH3 is 1. The van der Waals surface area contributed by atoms with Gasteiger partial charge in [-0.25, -0.2) is 4.79 Å². The number of esters is 1. The number of carbonyl (C=O) groups excluding carboxylic acids is 1. The van der Waals surface area contributed by atoms with Crippen LogP contribution in [0.3, 0.4) is 0 Å². The summed E-state index contributed by atoms with van der Waals surface area (Å²) in [5, 5.41) is 2.13. The fraction of sp³-hybridized carbons (Fsp3) is 0.625. The minimum atomic E-state index is -4.23. The Bertz CT molecular complexity index is 223. The second-order valence-electron chi connectivity index (χ2n) is 2.62. The maximum Gasteiger partial charge on any atom is 0.401 e. The molecule has 0 rings (SSSR count). The fourth-order valence-electron chi connectivity index (χ4n) is 0.683. The summed E-state index contributed by atoms with van der Waals surface area (Å²) in [6.45, 7) is 0.388. The molecule has 6 heteroatoms. The third-order valence-corrected chi connectivity index (χ3v) is 1.39. The topological polar surface area (TPSA) is 38.3 Å². The van der Waals surface area contributed by atoms with Gasteiger partial charge in [0.15, 0.2) is 0 Å². The molecule has 0 aliphatic carbocycles. The molecule has 82 valence electrons. The first-order chi connectivity index (χ1) is 6.37. The Hall–Kier alpha value is -1.04. The largest absolute Gasteiger partial charge is 0.466 e. The second-order valence-corrected chi connectivity index (χ2v) is 2.62. The maximum atomic E-state index is 11.6. The summed E-state index contributed by atoms with van der Waals surface area (Å²) in [6, 6.07) is 0. The highest BCUT2D eigenvalue weighted by Gasteiger charge is 2.25. The first-order valence-electron chi connectivity index (χ1n) is 3.89. The summed E-state index contributed by atoms with van der Waals surface area (Å²) >= 11 is 0. The van der Waals surface area contributed by atoms with E-state index >= 15 is 0 Å². The number of hydrogen-bond donors (Lipinski definition) is 1. The molecule has 0 radical (unpaired) electrons. The summed E-state index contributed by atoms with van der Waals surface area (Å²) in [6.07, 6.45) is -2.88. The van der Waals surface area contributed by atoms with E-state index < -0.39 is 18.7 Å². The normalized spacial score (nSPS) is 12.8. The van der Waals surface area contributed by atoms with Gasteiger partial charge in [0.2, 0.25) is 0 Å². The summed E-state index contributed by atoms with van der Waals surface area (Å²) in [5.41, 5.74) is 0.280. The van der Waals surface area contributed by atoms with Gasteiger partial charge in [0.1, 0.15) is 0 Å². The molecular weight excluding hydrogens is 199 g/mol.